The molecule has 0 aromatic heterocycles. The molecule has 1 heterocycles. The molecule has 3 rings (SSSR count). The first kappa shape index (κ1) is 17.5. The quantitative estimate of drug-likeness (QED) is 0.735. The first-order valence-corrected chi connectivity index (χ1v) is 8.92. The minimum absolute atomic E-state index is 0.168. The highest BCUT2D eigenvalue weighted by molar-refractivity contribution is 8.13. The lowest BCUT2D eigenvalue weighted by Gasteiger charge is -2.17. The van der Waals surface area contributed by atoms with E-state index in [2.05, 4.69) is 4.99 Å². The van der Waals surface area contributed by atoms with E-state index in [1.165, 1.54) is 35.9 Å². The zero-order valence-electron chi connectivity index (χ0n) is 13.5. The first-order valence-electron chi connectivity index (χ1n) is 7.32. The molecule has 7 heteroatoms. The number of nitrogens with zero attached hydrogens (tertiary/aromatic N) is 2. The minimum atomic E-state index is -0.408. The number of methoxy groups -OCH3 is 1. The molecule has 4 nitrogen and oxygen atoms in total. The van der Waals surface area contributed by atoms with Crippen molar-refractivity contribution in [2.75, 3.05) is 18.3 Å². The molecule has 0 bridgehead atoms. The van der Waals surface area contributed by atoms with E-state index in [1.807, 2.05) is 6.26 Å². The number of hydrogen-bond donors (Lipinski definition) is 0. The van der Waals surface area contributed by atoms with Crippen molar-refractivity contribution in [3.8, 4) is 5.75 Å². The zero-order valence-corrected chi connectivity index (χ0v) is 15.1. The van der Waals surface area contributed by atoms with Gasteiger partial charge in [0.2, 0.25) is 0 Å². The van der Waals surface area contributed by atoms with Gasteiger partial charge in [-0.3, -0.25) is 9.69 Å². The molecule has 2 aromatic carbocycles. The van der Waals surface area contributed by atoms with E-state index in [9.17, 15) is 9.18 Å². The number of thioether (sulfide) groups is 1. The number of carbonyl (C=O) groups excluding carboxylic acids is 1. The maximum absolute atomic E-state index is 13.9. The molecule has 128 valence electrons. The van der Waals surface area contributed by atoms with Gasteiger partial charge in [-0.25, -0.2) is 9.38 Å². The number of halogens is 2. The highest BCUT2D eigenvalue weighted by atomic mass is 35.5. The Hall–Kier alpha value is -2.31. The summed E-state index contributed by atoms with van der Waals surface area (Å²) in [6.07, 6.45) is 3.26. The van der Waals surface area contributed by atoms with E-state index in [0.29, 0.717) is 27.2 Å². The molecule has 0 aliphatic carbocycles. The van der Waals surface area contributed by atoms with Gasteiger partial charge in [-0.2, -0.15) is 0 Å². The number of anilines is 1. The molecular weight excluding hydrogens is 363 g/mol. The number of carbonyl (C=O) groups is 1. The Labute approximate surface area is 154 Å². The molecule has 0 spiro atoms. The molecule has 0 N–H and O–H groups in total. The largest absolute Gasteiger partial charge is 0.495 e. The van der Waals surface area contributed by atoms with Crippen molar-refractivity contribution < 1.29 is 13.9 Å². The van der Waals surface area contributed by atoms with Gasteiger partial charge in [-0.1, -0.05) is 41.6 Å². The standard InChI is InChI=1S/C18H14ClFN2O2S/c1-24-16-8-7-12(10-13(16)19)22-17(23)15(21-18(22)25-2)9-11-5-3-4-6-14(11)20/h3-10H,1-2H3. The van der Waals surface area contributed by atoms with Crippen molar-refractivity contribution in [2.24, 2.45) is 4.99 Å². The summed E-state index contributed by atoms with van der Waals surface area (Å²) in [7, 11) is 1.52. The molecule has 1 aliphatic heterocycles. The number of ether oxygens (including phenoxy) is 1. The number of amidine groups is 1. The van der Waals surface area contributed by atoms with Crippen molar-refractivity contribution in [1.29, 1.82) is 0 Å². The fraction of sp³-hybridized carbons (Fsp3) is 0.111. The Morgan fingerprint density at radius 1 is 1.28 bits per heavy atom. The van der Waals surface area contributed by atoms with Gasteiger partial charge in [0, 0.05) is 5.56 Å². The highest BCUT2D eigenvalue weighted by Gasteiger charge is 2.31. The Kier molecular flexibility index (Phi) is 5.11. The predicted octanol–water partition coefficient (Wildman–Crippen LogP) is 4.59. The van der Waals surface area contributed by atoms with E-state index in [0.717, 1.165) is 0 Å². The molecule has 0 fully saturated rings. The average Bonchev–Trinajstić information content (AvgIpc) is 2.92. The van der Waals surface area contributed by atoms with Crippen LogP contribution in [0.25, 0.3) is 6.08 Å². The fourth-order valence-corrected chi connectivity index (χ4v) is 3.21. The molecule has 1 amide bonds. The van der Waals surface area contributed by atoms with Gasteiger partial charge in [0.15, 0.2) is 5.17 Å². The van der Waals surface area contributed by atoms with Gasteiger partial charge >= 0.3 is 0 Å². The third-order valence-electron chi connectivity index (χ3n) is 3.60. The second kappa shape index (κ2) is 7.29. The summed E-state index contributed by atoms with van der Waals surface area (Å²) < 4.78 is 19.0. The van der Waals surface area contributed by atoms with E-state index >= 15 is 0 Å². The summed E-state index contributed by atoms with van der Waals surface area (Å²) in [5.74, 6) is -0.231. The van der Waals surface area contributed by atoms with Crippen LogP contribution < -0.4 is 9.64 Å². The predicted molar refractivity (Wildman–Crippen MR) is 101 cm³/mol. The topological polar surface area (TPSA) is 41.9 Å². The normalized spacial score (nSPS) is 15.7. The summed E-state index contributed by atoms with van der Waals surface area (Å²) in [4.78, 5) is 18.6. The van der Waals surface area contributed by atoms with Crippen LogP contribution in [0.15, 0.2) is 53.2 Å². The van der Waals surface area contributed by atoms with E-state index in [4.69, 9.17) is 16.3 Å². The van der Waals surface area contributed by atoms with E-state index < -0.39 is 5.82 Å². The van der Waals surface area contributed by atoms with Crippen LogP contribution in [0.4, 0.5) is 10.1 Å². The second-order valence-corrected chi connectivity index (χ2v) is 6.29. The molecular formula is C18H14ClFN2O2S. The van der Waals surface area contributed by atoms with Crippen molar-refractivity contribution in [3.63, 3.8) is 0 Å². The molecule has 2 aromatic rings. The van der Waals surface area contributed by atoms with Crippen LogP contribution in [0, 0.1) is 5.82 Å². The van der Waals surface area contributed by atoms with Crippen molar-refractivity contribution in [3.05, 3.63) is 64.6 Å². The molecule has 0 saturated heterocycles. The van der Waals surface area contributed by atoms with Gasteiger partial charge in [0.25, 0.3) is 5.91 Å². The van der Waals surface area contributed by atoms with Crippen LogP contribution in [0.2, 0.25) is 5.02 Å². The fourth-order valence-electron chi connectivity index (χ4n) is 2.39. The highest BCUT2D eigenvalue weighted by Crippen LogP contribution is 2.33. The molecule has 25 heavy (non-hydrogen) atoms. The van der Waals surface area contributed by atoms with Gasteiger partial charge in [0.1, 0.15) is 17.3 Å². The van der Waals surface area contributed by atoms with Gasteiger partial charge in [-0.05, 0) is 36.6 Å². The van der Waals surface area contributed by atoms with Crippen LogP contribution >= 0.6 is 23.4 Å². The van der Waals surface area contributed by atoms with Crippen LogP contribution in [0.5, 0.6) is 5.75 Å². The van der Waals surface area contributed by atoms with Crippen molar-refractivity contribution in [2.45, 2.75) is 0 Å². The Bertz CT molecular complexity index is 898. The lowest BCUT2D eigenvalue weighted by Crippen LogP contribution is -2.30. The van der Waals surface area contributed by atoms with E-state index in [-0.39, 0.29) is 11.6 Å². The maximum atomic E-state index is 13.9. The van der Waals surface area contributed by atoms with E-state index in [1.54, 1.807) is 36.4 Å². The van der Waals surface area contributed by atoms with Crippen molar-refractivity contribution in [1.82, 2.24) is 0 Å². The van der Waals surface area contributed by atoms with Crippen LogP contribution in [-0.4, -0.2) is 24.4 Å². The molecule has 0 atom stereocenters. The number of benzene rings is 2. The molecule has 1 aliphatic rings. The number of hydrogen-bond acceptors (Lipinski definition) is 4. The summed E-state index contributed by atoms with van der Waals surface area (Å²) in [6, 6.07) is 11.3. The smallest absolute Gasteiger partial charge is 0.283 e. The SMILES string of the molecule is COc1ccc(N2C(=O)C(=Cc3ccccc3F)N=C2SC)cc1Cl. The summed E-state index contributed by atoms with van der Waals surface area (Å²) in [5, 5.41) is 0.883. The minimum Gasteiger partial charge on any atom is -0.495 e. The van der Waals surface area contributed by atoms with Gasteiger partial charge in [-0.15, -0.1) is 0 Å². The summed E-state index contributed by atoms with van der Waals surface area (Å²) in [5.41, 5.74) is 1.05. The second-order valence-electron chi connectivity index (χ2n) is 5.11. The lowest BCUT2D eigenvalue weighted by molar-refractivity contribution is -0.113. The Morgan fingerprint density at radius 3 is 2.68 bits per heavy atom. The third-order valence-corrected chi connectivity index (χ3v) is 4.54. The zero-order chi connectivity index (χ0) is 18.0. The van der Waals surface area contributed by atoms with Crippen LogP contribution in [0.1, 0.15) is 5.56 Å². The Balaban J connectivity index is 2.00. The number of amides is 1. The molecule has 0 unspecified atom stereocenters. The van der Waals surface area contributed by atoms with Crippen LogP contribution in [0.3, 0.4) is 0 Å². The number of aliphatic imine (C=N–C) groups is 1. The van der Waals surface area contributed by atoms with Gasteiger partial charge < -0.3 is 4.74 Å². The maximum Gasteiger partial charge on any atom is 0.283 e. The Morgan fingerprint density at radius 2 is 2.04 bits per heavy atom. The summed E-state index contributed by atoms with van der Waals surface area (Å²) >= 11 is 7.48. The molecule has 0 saturated carbocycles. The van der Waals surface area contributed by atoms with Crippen LogP contribution in [-0.2, 0) is 4.79 Å². The third kappa shape index (κ3) is 3.41. The first-order chi connectivity index (χ1) is 12.0. The number of rotatable bonds is 3. The van der Waals surface area contributed by atoms with Crippen molar-refractivity contribution >= 4 is 46.2 Å². The average molecular weight is 377 g/mol. The summed E-state index contributed by atoms with van der Waals surface area (Å²) in [6.45, 7) is 0. The lowest BCUT2D eigenvalue weighted by atomic mass is 10.1. The monoisotopic (exact) mass is 376 g/mol. The molecule has 0 radical (unpaired) electrons. The van der Waals surface area contributed by atoms with Gasteiger partial charge in [0.05, 0.1) is 17.8 Å².